The second-order valence-corrected chi connectivity index (χ2v) is 11.8. The van der Waals surface area contributed by atoms with Gasteiger partial charge < -0.3 is 9.80 Å². The van der Waals surface area contributed by atoms with Crippen LogP contribution in [0.25, 0.3) is 22.3 Å². The number of nitrogens with zero attached hydrogens (tertiary/aromatic N) is 2. The van der Waals surface area contributed by atoms with Crippen LogP contribution < -0.4 is 4.90 Å². The van der Waals surface area contributed by atoms with E-state index < -0.39 is 0 Å². The Morgan fingerprint density at radius 2 is 1.08 bits per heavy atom. The molecule has 2 aliphatic rings. The molecule has 52 heavy (non-hydrogen) atoms. The molecule has 2 nitrogen and oxygen atoms in total. The minimum Gasteiger partial charge on any atom is -0.381 e. The van der Waals surface area contributed by atoms with Gasteiger partial charge >= 0.3 is 0 Å². The fourth-order valence-electron chi connectivity index (χ4n) is 6.84. The summed E-state index contributed by atoms with van der Waals surface area (Å²) in [5, 5.41) is 0. The molecule has 0 spiro atoms. The summed E-state index contributed by atoms with van der Waals surface area (Å²) in [4.78, 5) is 4.45. The van der Waals surface area contributed by atoms with Crippen LogP contribution in [0, 0.1) is 0 Å². The van der Waals surface area contributed by atoms with Gasteiger partial charge in [0.15, 0.2) is 0 Å². The number of hydrogen-bond donors (Lipinski definition) is 0. The molecule has 0 bridgehead atoms. The minimum absolute atomic E-state index is 0.552. The quantitative estimate of drug-likeness (QED) is 0.139. The zero-order valence-corrected chi connectivity index (χ0v) is 34.1. The lowest BCUT2D eigenvalue weighted by atomic mass is 9.95. The van der Waals surface area contributed by atoms with Gasteiger partial charge in [-0.1, -0.05) is 159 Å². The maximum atomic E-state index is 5.87. The standard InChI is InChI=1S/C23H22BN.C17H18BN.4C2H6/c1-2-25(16-24)20-10-5-7-17(14-20)13-18-9-6-12-22-21-11-4-3-8-19(21)15-23(18)22;1-2-19(12-18)11-15-8-5-7-14-10-13-6-3-4-9-16(13)17(14)15;4*1-2/h3-12,14H,2,13,15-16H2,1H3;3-9H,2,10-12H2,1H3;4*1-2H3. The van der Waals surface area contributed by atoms with Gasteiger partial charge in [-0.2, -0.15) is 0 Å². The van der Waals surface area contributed by atoms with Crippen LogP contribution in [-0.4, -0.2) is 46.6 Å². The smallest absolute Gasteiger partial charge is 0.0942 e. The Balaban J connectivity index is 0.000000310. The average molecular weight is 691 g/mol. The molecule has 5 aromatic carbocycles. The lowest BCUT2D eigenvalue weighted by Gasteiger charge is -2.22. The monoisotopic (exact) mass is 691 g/mol. The van der Waals surface area contributed by atoms with E-state index in [9.17, 15) is 0 Å². The summed E-state index contributed by atoms with van der Waals surface area (Å²) in [5.41, 5.74) is 16.8. The molecule has 5 aromatic rings. The van der Waals surface area contributed by atoms with Gasteiger partial charge in [0.2, 0.25) is 0 Å². The average Bonchev–Trinajstić information content (AvgIpc) is 3.81. The molecule has 4 heteroatoms. The molecule has 0 heterocycles. The summed E-state index contributed by atoms with van der Waals surface area (Å²) in [7, 11) is 11.7. The van der Waals surface area contributed by atoms with E-state index in [0.717, 1.165) is 38.9 Å². The molecule has 7 rings (SSSR count). The Labute approximate surface area is 321 Å². The Morgan fingerprint density at radius 1 is 0.519 bits per heavy atom. The van der Waals surface area contributed by atoms with Crippen molar-refractivity contribution in [2.75, 3.05) is 30.9 Å². The summed E-state index contributed by atoms with van der Waals surface area (Å²) < 4.78 is 0. The first-order chi connectivity index (χ1) is 25.6. The molecule has 0 aliphatic heterocycles. The minimum atomic E-state index is 0.552. The van der Waals surface area contributed by atoms with Gasteiger partial charge in [-0.05, 0) is 119 Å². The van der Waals surface area contributed by atoms with Crippen molar-refractivity contribution in [3.8, 4) is 22.3 Å². The first-order valence-corrected chi connectivity index (χ1v) is 20.0. The zero-order valence-electron chi connectivity index (χ0n) is 34.1. The van der Waals surface area contributed by atoms with Crippen molar-refractivity contribution < 1.29 is 0 Å². The maximum absolute atomic E-state index is 5.87. The van der Waals surface area contributed by atoms with Gasteiger partial charge in [0, 0.05) is 18.8 Å². The van der Waals surface area contributed by atoms with Crippen molar-refractivity contribution in [3.63, 3.8) is 0 Å². The van der Waals surface area contributed by atoms with Crippen LogP contribution in [-0.2, 0) is 25.8 Å². The van der Waals surface area contributed by atoms with E-state index in [1.807, 2.05) is 55.4 Å². The molecule has 0 saturated carbocycles. The normalized spacial score (nSPS) is 10.8. The van der Waals surface area contributed by atoms with Crippen molar-refractivity contribution in [2.45, 2.75) is 95.0 Å². The lowest BCUT2D eigenvalue weighted by Crippen LogP contribution is -2.24. The molecule has 0 saturated heterocycles. The summed E-state index contributed by atoms with van der Waals surface area (Å²) >= 11 is 0. The molecule has 0 atom stereocenters. The Hall–Kier alpha value is -4.01. The van der Waals surface area contributed by atoms with Gasteiger partial charge in [0.25, 0.3) is 0 Å². The van der Waals surface area contributed by atoms with E-state index in [2.05, 4.69) is 133 Å². The topological polar surface area (TPSA) is 6.48 Å². The van der Waals surface area contributed by atoms with Crippen LogP contribution in [0.5, 0.6) is 0 Å². The molecule has 0 fully saturated rings. The third-order valence-corrected chi connectivity index (χ3v) is 9.22. The first-order valence-electron chi connectivity index (χ1n) is 20.0. The zero-order chi connectivity index (χ0) is 38.5. The van der Waals surface area contributed by atoms with E-state index in [4.69, 9.17) is 15.7 Å². The van der Waals surface area contributed by atoms with E-state index in [1.165, 1.54) is 66.9 Å². The number of rotatable bonds is 9. The fraction of sp³-hybridized carbons (Fsp3) is 0.375. The SMILES string of the molecule is CC.CC.CC.CC.[B]CN(CC)Cc1cccc2c1-c1ccccc1C2.[B]CN(CC)c1cccc(Cc2cccc3c2Cc2ccccc2-3)c1. The second-order valence-electron chi connectivity index (χ2n) is 11.8. The van der Waals surface area contributed by atoms with Gasteiger partial charge in [-0.25, -0.2) is 0 Å². The van der Waals surface area contributed by atoms with Crippen molar-refractivity contribution in [1.82, 2.24) is 4.90 Å². The lowest BCUT2D eigenvalue weighted by molar-refractivity contribution is 0.328. The Morgan fingerprint density at radius 3 is 1.71 bits per heavy atom. The van der Waals surface area contributed by atoms with Gasteiger partial charge in [0.05, 0.1) is 15.7 Å². The van der Waals surface area contributed by atoms with Crippen LogP contribution in [0.15, 0.2) is 109 Å². The van der Waals surface area contributed by atoms with Crippen molar-refractivity contribution in [3.05, 3.63) is 148 Å². The van der Waals surface area contributed by atoms with Crippen LogP contribution in [0.3, 0.4) is 0 Å². The summed E-state index contributed by atoms with van der Waals surface area (Å²) in [6.07, 6.45) is 4.24. The summed E-state index contributed by atoms with van der Waals surface area (Å²) in [6.45, 7) is 23.1. The van der Waals surface area contributed by atoms with Gasteiger partial charge in [-0.3, -0.25) is 0 Å². The molecule has 0 unspecified atom stereocenters. The number of benzene rings is 5. The molecule has 0 N–H and O–H groups in total. The Kier molecular flexibility index (Phi) is 20.6. The van der Waals surface area contributed by atoms with Crippen LogP contribution in [0.2, 0.25) is 0 Å². The molecule has 2 aliphatic carbocycles. The molecule has 0 amide bonds. The highest BCUT2D eigenvalue weighted by molar-refractivity contribution is 6.10. The predicted octanol–water partition coefficient (Wildman–Crippen LogP) is 12.1. The molecular formula is C48H64B2N2. The van der Waals surface area contributed by atoms with E-state index in [-0.39, 0.29) is 0 Å². The fourth-order valence-corrected chi connectivity index (χ4v) is 6.84. The van der Waals surface area contributed by atoms with Crippen molar-refractivity contribution in [2.24, 2.45) is 0 Å². The molecule has 272 valence electrons. The van der Waals surface area contributed by atoms with E-state index in [0.29, 0.717) is 12.9 Å². The highest BCUT2D eigenvalue weighted by Gasteiger charge is 2.22. The van der Waals surface area contributed by atoms with Crippen molar-refractivity contribution in [1.29, 1.82) is 0 Å². The Bertz CT molecular complexity index is 1740. The van der Waals surface area contributed by atoms with E-state index in [1.54, 1.807) is 0 Å². The molecular weight excluding hydrogens is 626 g/mol. The largest absolute Gasteiger partial charge is 0.381 e. The summed E-state index contributed by atoms with van der Waals surface area (Å²) in [5.74, 6) is 0. The van der Waals surface area contributed by atoms with E-state index >= 15 is 0 Å². The van der Waals surface area contributed by atoms with Gasteiger partial charge in [0.1, 0.15) is 0 Å². The third-order valence-electron chi connectivity index (χ3n) is 9.22. The molecule has 4 radical (unpaired) electrons. The second kappa shape index (κ2) is 24.3. The number of anilines is 1. The molecule has 0 aromatic heterocycles. The summed E-state index contributed by atoms with van der Waals surface area (Å²) in [6, 6.07) is 39.7. The first kappa shape index (κ1) is 44.2. The van der Waals surface area contributed by atoms with Crippen LogP contribution in [0.4, 0.5) is 5.69 Å². The van der Waals surface area contributed by atoms with Crippen LogP contribution >= 0.6 is 0 Å². The highest BCUT2D eigenvalue weighted by atomic mass is 15.1. The van der Waals surface area contributed by atoms with Gasteiger partial charge in [-0.15, -0.1) is 0 Å². The maximum Gasteiger partial charge on any atom is 0.0942 e. The predicted molar refractivity (Wildman–Crippen MR) is 234 cm³/mol. The number of hydrogen-bond acceptors (Lipinski definition) is 2. The number of fused-ring (bicyclic) bond motifs is 6. The van der Waals surface area contributed by atoms with Crippen LogP contribution in [0.1, 0.15) is 108 Å². The highest BCUT2D eigenvalue weighted by Crippen LogP contribution is 2.40. The third kappa shape index (κ3) is 11.0. The van der Waals surface area contributed by atoms with Crippen molar-refractivity contribution >= 4 is 21.4 Å².